The molecule has 15 heteroatoms. The summed E-state index contributed by atoms with van der Waals surface area (Å²) in [4.78, 5) is 12.7. The number of benzene rings is 1. The van der Waals surface area contributed by atoms with E-state index in [4.69, 9.17) is 23.4 Å². The Hall–Kier alpha value is -2.05. The number of aliphatic hydroxyl groups excluding tert-OH is 4. The molecule has 2 aromatic rings. The SMILES string of the molecule is CCOC(=O)CCc1cc2ccoc2c2c1OC13C=CC(SSC4(CCCCC4)CNCCO2)C(CO)(O1)C1(O)CC2CCC(O)C(CO)C2C3(O)C1O. The fourth-order valence-electron chi connectivity index (χ4n) is 10.5. The first-order valence-electron chi connectivity index (χ1n) is 19.5. The van der Waals surface area contributed by atoms with Crippen molar-refractivity contribution in [2.75, 3.05) is 39.5 Å². The van der Waals surface area contributed by atoms with E-state index < -0.39 is 77.0 Å². The van der Waals surface area contributed by atoms with Gasteiger partial charge in [-0.15, -0.1) is 0 Å². The molecule has 4 heterocycles. The Balaban J connectivity index is 1.35. The third-order valence-corrected chi connectivity index (χ3v) is 16.9. The molecular weight excluding hydrogens is 739 g/mol. The van der Waals surface area contributed by atoms with E-state index in [1.54, 1.807) is 35.9 Å². The van der Waals surface area contributed by atoms with E-state index in [0.717, 1.165) is 32.1 Å². The number of rotatable bonds is 6. The highest BCUT2D eigenvalue weighted by molar-refractivity contribution is 8.77. The monoisotopic (exact) mass is 791 g/mol. The number of carbonyl (C=O) groups is 1. The Kier molecular flexibility index (Phi) is 10.6. The molecule has 8 rings (SSSR count). The molecule has 0 amide bonds. The number of furan rings is 1. The van der Waals surface area contributed by atoms with E-state index in [-0.39, 0.29) is 48.7 Å². The third-order valence-electron chi connectivity index (χ3n) is 13.2. The second-order valence-electron chi connectivity index (χ2n) is 16.1. The van der Waals surface area contributed by atoms with Gasteiger partial charge in [-0.3, -0.25) is 4.79 Å². The number of ether oxygens (including phenoxy) is 4. The van der Waals surface area contributed by atoms with E-state index in [9.17, 15) is 35.4 Å². The lowest BCUT2D eigenvalue weighted by Gasteiger charge is -2.72. The maximum Gasteiger partial charge on any atom is 0.306 e. The van der Waals surface area contributed by atoms with E-state index in [2.05, 4.69) is 5.32 Å². The summed E-state index contributed by atoms with van der Waals surface area (Å²) >= 11 is 0. The molecule has 5 bridgehead atoms. The molecule has 1 saturated heterocycles. The van der Waals surface area contributed by atoms with Gasteiger partial charge in [-0.2, -0.15) is 0 Å². The summed E-state index contributed by atoms with van der Waals surface area (Å²) in [5.74, 6) is -4.83. The summed E-state index contributed by atoms with van der Waals surface area (Å²) < 4.78 is 31.7. The van der Waals surface area contributed by atoms with Gasteiger partial charge in [0.05, 0.1) is 30.8 Å². The van der Waals surface area contributed by atoms with E-state index >= 15 is 0 Å². The predicted molar refractivity (Wildman–Crippen MR) is 201 cm³/mol. The van der Waals surface area contributed by atoms with Crippen LogP contribution in [0, 0.1) is 17.8 Å². The number of aryl methyl sites for hydroxylation is 1. The smallest absolute Gasteiger partial charge is 0.306 e. The second kappa shape index (κ2) is 14.7. The van der Waals surface area contributed by atoms with Crippen molar-refractivity contribution in [3.63, 3.8) is 0 Å². The molecule has 298 valence electrons. The zero-order valence-electron chi connectivity index (χ0n) is 30.6. The van der Waals surface area contributed by atoms with Gasteiger partial charge in [0.25, 0.3) is 5.79 Å². The van der Waals surface area contributed by atoms with Gasteiger partial charge in [-0.1, -0.05) is 46.9 Å². The minimum atomic E-state index is -2.47. The molecule has 54 heavy (non-hydrogen) atoms. The molecule has 10 unspecified atom stereocenters. The van der Waals surface area contributed by atoms with Crippen LogP contribution in [0.15, 0.2) is 35.0 Å². The number of fused-ring (bicyclic) bond motifs is 11. The van der Waals surface area contributed by atoms with Crippen molar-refractivity contribution in [2.24, 2.45) is 17.8 Å². The minimum Gasteiger partial charge on any atom is -0.485 e. The van der Waals surface area contributed by atoms with Crippen LogP contribution in [0.25, 0.3) is 11.0 Å². The summed E-state index contributed by atoms with van der Waals surface area (Å²) in [6.45, 7) is 2.13. The number of aliphatic hydroxyl groups is 6. The lowest BCUT2D eigenvalue weighted by Crippen LogP contribution is -2.90. The lowest BCUT2D eigenvalue weighted by molar-refractivity contribution is -0.453. The molecule has 10 atom stereocenters. The van der Waals surface area contributed by atoms with Crippen molar-refractivity contribution in [1.29, 1.82) is 0 Å². The molecule has 1 aromatic carbocycles. The molecule has 4 fully saturated rings. The van der Waals surface area contributed by atoms with Crippen LogP contribution in [0.1, 0.15) is 70.3 Å². The zero-order chi connectivity index (χ0) is 37.9. The number of nitrogens with one attached hydrogen (secondary N) is 1. The Labute approximate surface area is 322 Å². The number of hydrogen-bond acceptors (Lipinski definition) is 15. The largest absolute Gasteiger partial charge is 0.485 e. The van der Waals surface area contributed by atoms with Gasteiger partial charge < -0.3 is 59.3 Å². The van der Waals surface area contributed by atoms with Gasteiger partial charge in [0.1, 0.15) is 23.9 Å². The normalized spacial score (nSPS) is 40.1. The Morgan fingerprint density at radius 2 is 1.93 bits per heavy atom. The van der Waals surface area contributed by atoms with Crippen LogP contribution in [0.2, 0.25) is 0 Å². The van der Waals surface area contributed by atoms with Crippen LogP contribution in [-0.4, -0.2) is 121 Å². The second-order valence-corrected chi connectivity index (χ2v) is 18.9. The first kappa shape index (κ1) is 38.8. The summed E-state index contributed by atoms with van der Waals surface area (Å²) in [5.41, 5.74) is -5.64. The van der Waals surface area contributed by atoms with Crippen molar-refractivity contribution >= 4 is 38.5 Å². The fourth-order valence-corrected chi connectivity index (χ4v) is 14.3. The molecule has 6 aliphatic rings. The fraction of sp³-hybridized carbons (Fsp3) is 0.718. The Bertz CT molecular complexity index is 1730. The van der Waals surface area contributed by atoms with Crippen LogP contribution >= 0.6 is 21.6 Å². The van der Waals surface area contributed by atoms with Crippen molar-refractivity contribution < 1.29 is 58.8 Å². The average Bonchev–Trinajstić information content (AvgIpc) is 3.64. The molecule has 3 saturated carbocycles. The quantitative estimate of drug-likeness (QED) is 0.128. The highest BCUT2D eigenvalue weighted by Crippen LogP contribution is 2.67. The summed E-state index contributed by atoms with van der Waals surface area (Å²) in [7, 11) is 3.19. The third kappa shape index (κ3) is 5.86. The van der Waals surface area contributed by atoms with E-state index in [1.165, 1.54) is 17.1 Å². The first-order valence-corrected chi connectivity index (χ1v) is 21.7. The van der Waals surface area contributed by atoms with Gasteiger partial charge in [0, 0.05) is 48.1 Å². The summed E-state index contributed by atoms with van der Waals surface area (Å²) in [6.07, 6.45) is 7.94. The average molecular weight is 792 g/mol. The van der Waals surface area contributed by atoms with E-state index in [1.807, 2.05) is 6.07 Å². The van der Waals surface area contributed by atoms with Gasteiger partial charge in [-0.25, -0.2) is 0 Å². The van der Waals surface area contributed by atoms with Crippen LogP contribution < -0.4 is 14.8 Å². The van der Waals surface area contributed by atoms with Crippen molar-refractivity contribution in [2.45, 2.75) is 116 Å². The molecule has 13 nitrogen and oxygen atoms in total. The first-order chi connectivity index (χ1) is 26.0. The number of esters is 1. The molecule has 1 aromatic heterocycles. The van der Waals surface area contributed by atoms with Crippen molar-refractivity contribution in [3.05, 3.63) is 36.1 Å². The molecule has 3 aliphatic carbocycles. The van der Waals surface area contributed by atoms with Gasteiger partial charge in [0.15, 0.2) is 16.9 Å². The van der Waals surface area contributed by atoms with Crippen molar-refractivity contribution in [3.8, 4) is 11.5 Å². The highest BCUT2D eigenvalue weighted by Gasteiger charge is 2.83. The van der Waals surface area contributed by atoms with Gasteiger partial charge in [-0.05, 0) is 75.1 Å². The predicted octanol–water partition coefficient (Wildman–Crippen LogP) is 2.99. The summed E-state index contributed by atoms with van der Waals surface area (Å²) in [5, 5.41) is 76.1. The highest BCUT2D eigenvalue weighted by atomic mass is 33.1. The molecule has 0 radical (unpaired) electrons. The number of carbonyl (C=O) groups excluding carboxylic acids is 1. The van der Waals surface area contributed by atoms with E-state index in [0.29, 0.717) is 42.5 Å². The molecule has 7 N–H and O–H groups in total. The van der Waals surface area contributed by atoms with Crippen LogP contribution in [-0.2, 0) is 20.7 Å². The topological polar surface area (TPSA) is 201 Å². The van der Waals surface area contributed by atoms with Gasteiger partial charge in [0.2, 0.25) is 5.75 Å². The zero-order valence-corrected chi connectivity index (χ0v) is 32.2. The van der Waals surface area contributed by atoms with Gasteiger partial charge >= 0.3 is 5.97 Å². The molecule has 2 spiro atoms. The molecular formula is C39H53NO12S2. The van der Waals surface area contributed by atoms with Crippen molar-refractivity contribution in [1.82, 2.24) is 5.32 Å². The number of hydrogen-bond donors (Lipinski definition) is 7. The standard InChI is InChI=1S/C39H53NO12S2/c1-2-48-29(44)9-7-23-18-24-11-16-49-31(24)33-32(23)51-38-14-10-28(53-54-35(12-4-3-5-13-35)21-40-15-17-50-33)37(22-42,52-38)36(46)19-25-6-8-27(43)26(20-41)30(25)39(38,47)34(36)45/h10-11,14,16,18,25-28,30,34,40-43,45-47H,2-9,12-13,15,17,19-22H2,1H3. The Morgan fingerprint density at radius 3 is 2.69 bits per heavy atom. The van der Waals surface area contributed by atoms with Crippen LogP contribution in [0.4, 0.5) is 0 Å². The summed E-state index contributed by atoms with van der Waals surface area (Å²) in [6, 6.07) is 3.58. The van der Waals surface area contributed by atoms with Crippen LogP contribution in [0.3, 0.4) is 0 Å². The Morgan fingerprint density at radius 1 is 1.11 bits per heavy atom. The lowest BCUT2D eigenvalue weighted by atomic mass is 9.46. The van der Waals surface area contributed by atoms with Crippen LogP contribution in [0.5, 0.6) is 11.5 Å². The maximum atomic E-state index is 13.4. The molecule has 3 aliphatic heterocycles. The minimum absolute atomic E-state index is 0.00697. The maximum absolute atomic E-state index is 13.4.